The number of hydrogen-bond donors (Lipinski definition) is 2. The Morgan fingerprint density at radius 2 is 1.90 bits per heavy atom. The molecular weight excluding hydrogens is 495 g/mol. The predicted octanol–water partition coefficient (Wildman–Crippen LogP) is 1.33. The molecule has 2 bridgehead atoms. The van der Waals surface area contributed by atoms with Crippen LogP contribution in [-0.4, -0.2) is 58.6 Å². The molecule has 4 atom stereocenters. The fourth-order valence-corrected chi connectivity index (χ4v) is 4.89. The quantitative estimate of drug-likeness (QED) is 0.133. The number of nitrogens with one attached hydrogen (secondary N) is 2. The Kier molecular flexibility index (Phi) is 7.54. The van der Waals surface area contributed by atoms with Gasteiger partial charge in [-0.1, -0.05) is 12.2 Å². The van der Waals surface area contributed by atoms with Crippen molar-refractivity contribution >= 4 is 41.8 Å². The third kappa shape index (κ3) is 4.55. The van der Waals surface area contributed by atoms with Gasteiger partial charge in [-0.15, -0.1) is 24.0 Å². The molecule has 1 aliphatic heterocycles. The summed E-state index contributed by atoms with van der Waals surface area (Å²) in [5, 5.41) is 10.7. The van der Waals surface area contributed by atoms with Crippen LogP contribution in [0.25, 0.3) is 0 Å². The monoisotopic (exact) mass is 526 g/mol. The largest absolute Gasteiger partial charge is 0.357 e. The zero-order valence-corrected chi connectivity index (χ0v) is 19.9. The van der Waals surface area contributed by atoms with Gasteiger partial charge in [-0.25, -0.2) is 0 Å². The van der Waals surface area contributed by atoms with Gasteiger partial charge in [0.2, 0.25) is 11.8 Å². The molecule has 4 rings (SSSR count). The Labute approximate surface area is 194 Å². The average Bonchev–Trinajstić information content (AvgIpc) is 3.46. The number of allylic oxidation sites excluding steroid dienone is 2. The molecule has 0 spiro atoms. The first kappa shape index (κ1) is 22.8. The highest BCUT2D eigenvalue weighted by molar-refractivity contribution is 14.0. The second-order valence-corrected chi connectivity index (χ2v) is 8.14. The zero-order chi connectivity index (χ0) is 20.4. The minimum Gasteiger partial charge on any atom is -0.357 e. The Morgan fingerprint density at radius 3 is 2.50 bits per heavy atom. The minimum absolute atomic E-state index is 0. The lowest BCUT2D eigenvalue weighted by atomic mass is 9.85. The van der Waals surface area contributed by atoms with E-state index in [-0.39, 0.29) is 59.5 Å². The number of aromatic nitrogens is 2. The Bertz CT molecular complexity index is 805. The topological polar surface area (TPSA) is 91.6 Å². The summed E-state index contributed by atoms with van der Waals surface area (Å²) in [6.45, 7) is 4.38. The highest BCUT2D eigenvalue weighted by Crippen LogP contribution is 2.52. The average molecular weight is 526 g/mol. The fourth-order valence-electron chi connectivity index (χ4n) is 4.89. The van der Waals surface area contributed by atoms with E-state index in [1.54, 1.807) is 4.68 Å². The Hall–Kier alpha value is -1.91. The van der Waals surface area contributed by atoms with Gasteiger partial charge in [0.15, 0.2) is 5.96 Å². The summed E-state index contributed by atoms with van der Waals surface area (Å²) in [4.78, 5) is 31.5. The number of guanidine groups is 1. The van der Waals surface area contributed by atoms with Gasteiger partial charge in [0.1, 0.15) is 0 Å². The van der Waals surface area contributed by atoms with Gasteiger partial charge in [-0.2, -0.15) is 5.10 Å². The lowest BCUT2D eigenvalue weighted by Gasteiger charge is -2.18. The molecule has 0 aromatic carbocycles. The van der Waals surface area contributed by atoms with Crippen LogP contribution in [0.15, 0.2) is 29.5 Å². The highest BCUT2D eigenvalue weighted by Gasteiger charge is 2.58. The van der Waals surface area contributed by atoms with Crippen molar-refractivity contribution in [3.63, 3.8) is 0 Å². The van der Waals surface area contributed by atoms with Crippen LogP contribution < -0.4 is 10.6 Å². The standard InChI is InChI=1S/C21H30N6O2.HI/c1-3-22-21(23-8-4-5-14-12-25-26(2)13-14)24-9-10-27-19(28)17-15-6-7-16(11-15)18(17)20(27)29;/h6-7,12-13,15-18H,3-5,8-11H2,1-2H3,(H2,22,23,24);1H. The molecule has 1 aromatic heterocycles. The molecule has 1 saturated carbocycles. The van der Waals surface area contributed by atoms with Crippen molar-refractivity contribution in [2.45, 2.75) is 26.2 Å². The van der Waals surface area contributed by atoms with E-state index in [0.717, 1.165) is 31.8 Å². The summed E-state index contributed by atoms with van der Waals surface area (Å²) >= 11 is 0. The molecule has 2 fully saturated rings. The minimum atomic E-state index is -0.119. The summed E-state index contributed by atoms with van der Waals surface area (Å²) in [6.07, 6.45) is 11.0. The van der Waals surface area contributed by atoms with E-state index < -0.39 is 0 Å². The van der Waals surface area contributed by atoms with E-state index in [0.29, 0.717) is 19.6 Å². The summed E-state index contributed by atoms with van der Waals surface area (Å²) < 4.78 is 1.81. The van der Waals surface area contributed by atoms with E-state index in [4.69, 9.17) is 0 Å². The number of aryl methyl sites for hydroxylation is 2. The molecule has 2 amide bonds. The van der Waals surface area contributed by atoms with Crippen LogP contribution in [0.2, 0.25) is 0 Å². The molecule has 3 aliphatic rings. The van der Waals surface area contributed by atoms with Crippen LogP contribution in [-0.2, 0) is 23.1 Å². The van der Waals surface area contributed by atoms with Crippen molar-refractivity contribution in [3.8, 4) is 0 Å². The second-order valence-electron chi connectivity index (χ2n) is 8.14. The first-order chi connectivity index (χ1) is 14.1. The maximum absolute atomic E-state index is 12.7. The summed E-state index contributed by atoms with van der Waals surface area (Å²) in [7, 11) is 1.92. The van der Waals surface area contributed by atoms with Crippen LogP contribution >= 0.6 is 24.0 Å². The summed E-state index contributed by atoms with van der Waals surface area (Å²) in [5.74, 6) is 1.03. The smallest absolute Gasteiger partial charge is 0.233 e. The number of fused-ring (bicyclic) bond motifs is 5. The van der Waals surface area contributed by atoms with Gasteiger partial charge in [0.25, 0.3) is 0 Å². The third-order valence-corrected chi connectivity index (χ3v) is 6.19. The van der Waals surface area contributed by atoms with Crippen molar-refractivity contribution in [1.29, 1.82) is 0 Å². The number of rotatable bonds is 8. The molecule has 1 aromatic rings. The van der Waals surface area contributed by atoms with Crippen molar-refractivity contribution in [3.05, 3.63) is 30.1 Å². The number of hydrogen-bond acceptors (Lipinski definition) is 4. The number of halogens is 1. The van der Waals surface area contributed by atoms with Crippen molar-refractivity contribution in [2.75, 3.05) is 26.2 Å². The Balaban J connectivity index is 0.00000256. The fraction of sp³-hybridized carbons (Fsp3) is 0.619. The molecule has 2 N–H and O–H groups in total. The van der Waals surface area contributed by atoms with E-state index in [1.165, 1.54) is 10.5 Å². The number of aliphatic imine (C=N–C) groups is 1. The second kappa shape index (κ2) is 9.93. The molecule has 0 radical (unpaired) electrons. The zero-order valence-electron chi connectivity index (χ0n) is 17.6. The SMILES string of the molecule is CCNC(=NCCCc1cnn(C)c1)NCCN1C(=O)C2C3C=CC(C3)C2C1=O.I. The van der Waals surface area contributed by atoms with Gasteiger partial charge in [0.05, 0.1) is 18.0 Å². The predicted molar refractivity (Wildman–Crippen MR) is 125 cm³/mol. The van der Waals surface area contributed by atoms with Crippen LogP contribution in [0.4, 0.5) is 0 Å². The van der Waals surface area contributed by atoms with Crippen LogP contribution in [0.3, 0.4) is 0 Å². The third-order valence-electron chi connectivity index (χ3n) is 6.19. The lowest BCUT2D eigenvalue weighted by molar-refractivity contribution is -0.140. The van der Waals surface area contributed by atoms with Crippen LogP contribution in [0, 0.1) is 23.7 Å². The first-order valence-corrected chi connectivity index (χ1v) is 10.6. The number of imide groups is 1. The lowest BCUT2D eigenvalue weighted by Crippen LogP contribution is -2.43. The molecule has 30 heavy (non-hydrogen) atoms. The van der Waals surface area contributed by atoms with Crippen LogP contribution in [0.5, 0.6) is 0 Å². The van der Waals surface area contributed by atoms with Gasteiger partial charge >= 0.3 is 0 Å². The van der Waals surface area contributed by atoms with Gasteiger partial charge in [0, 0.05) is 39.4 Å². The number of carbonyl (C=O) groups is 2. The van der Waals surface area contributed by atoms with E-state index in [2.05, 4.69) is 32.9 Å². The number of amides is 2. The molecule has 9 heteroatoms. The van der Waals surface area contributed by atoms with Gasteiger partial charge in [-0.05, 0) is 43.6 Å². The molecule has 4 unspecified atom stereocenters. The number of nitrogens with zero attached hydrogens (tertiary/aromatic N) is 4. The van der Waals surface area contributed by atoms with Crippen LogP contribution in [0.1, 0.15) is 25.3 Å². The molecule has 164 valence electrons. The molecule has 2 heterocycles. The van der Waals surface area contributed by atoms with Crippen molar-refractivity contribution < 1.29 is 9.59 Å². The van der Waals surface area contributed by atoms with Crippen molar-refractivity contribution in [2.24, 2.45) is 35.7 Å². The maximum atomic E-state index is 12.7. The number of likely N-dealkylation sites (tertiary alicyclic amines) is 1. The van der Waals surface area contributed by atoms with Gasteiger partial charge in [-0.3, -0.25) is 24.2 Å². The maximum Gasteiger partial charge on any atom is 0.233 e. The molecular formula is C21H31IN6O2. The van der Waals surface area contributed by atoms with E-state index in [9.17, 15) is 9.59 Å². The van der Waals surface area contributed by atoms with E-state index >= 15 is 0 Å². The Morgan fingerprint density at radius 1 is 1.20 bits per heavy atom. The molecule has 2 aliphatic carbocycles. The van der Waals surface area contributed by atoms with E-state index in [1.807, 2.05) is 26.4 Å². The highest BCUT2D eigenvalue weighted by atomic mass is 127. The summed E-state index contributed by atoms with van der Waals surface area (Å²) in [5.41, 5.74) is 1.21. The summed E-state index contributed by atoms with van der Waals surface area (Å²) in [6, 6.07) is 0. The molecule has 1 saturated heterocycles. The normalized spacial score (nSPS) is 26.9. The number of carbonyl (C=O) groups excluding carboxylic acids is 2. The van der Waals surface area contributed by atoms with Gasteiger partial charge < -0.3 is 10.6 Å². The molecule has 8 nitrogen and oxygen atoms in total. The van der Waals surface area contributed by atoms with Crippen molar-refractivity contribution in [1.82, 2.24) is 25.3 Å². The first-order valence-electron chi connectivity index (χ1n) is 10.6.